The Morgan fingerprint density at radius 2 is 1.68 bits per heavy atom. The van der Waals surface area contributed by atoms with E-state index in [0.717, 1.165) is 12.1 Å². The molecule has 12 heteroatoms. The molecule has 2 aliphatic rings. The Bertz CT molecular complexity index is 1320. The SMILES string of the molecule is Cc1c(O)c2c3oc(-c4ccc(O)c(O)c4)c(c(=O)c3c1O)OOS(=O)(=O)O2. The summed E-state index contributed by atoms with van der Waals surface area (Å²) in [5.74, 6) is -4.53. The maximum absolute atomic E-state index is 12.9. The van der Waals surface area contributed by atoms with Crippen LogP contribution in [0.25, 0.3) is 22.3 Å². The third-order valence-corrected chi connectivity index (χ3v) is 4.67. The number of hydrogen-bond acceptors (Lipinski definition) is 11. The van der Waals surface area contributed by atoms with Gasteiger partial charge in [-0.3, -0.25) is 4.79 Å². The Kier molecular flexibility index (Phi) is 3.60. The summed E-state index contributed by atoms with van der Waals surface area (Å²) in [6.45, 7) is 1.22. The van der Waals surface area contributed by atoms with Crippen molar-refractivity contribution in [2.45, 2.75) is 6.92 Å². The fourth-order valence-corrected chi connectivity index (χ4v) is 3.21. The normalized spacial score (nSPS) is 14.9. The second-order valence-corrected chi connectivity index (χ2v) is 6.91. The molecule has 3 aromatic rings. The van der Waals surface area contributed by atoms with Gasteiger partial charge in [-0.2, -0.15) is 8.42 Å². The molecule has 0 spiro atoms. The van der Waals surface area contributed by atoms with Gasteiger partial charge in [-0.15, -0.1) is 0 Å². The zero-order valence-corrected chi connectivity index (χ0v) is 14.6. The highest BCUT2D eigenvalue weighted by Gasteiger charge is 2.33. The van der Waals surface area contributed by atoms with E-state index in [1.54, 1.807) is 0 Å². The highest BCUT2D eigenvalue weighted by molar-refractivity contribution is 7.82. The minimum atomic E-state index is -4.89. The van der Waals surface area contributed by atoms with Gasteiger partial charge >= 0.3 is 10.4 Å². The molecular weight excluding hydrogens is 400 g/mol. The second kappa shape index (κ2) is 5.68. The summed E-state index contributed by atoms with van der Waals surface area (Å²) in [5.41, 5.74) is -1.90. The zero-order chi connectivity index (χ0) is 20.4. The van der Waals surface area contributed by atoms with Gasteiger partial charge in [-0.05, 0) is 29.5 Å². The van der Waals surface area contributed by atoms with Crippen LogP contribution in [0, 0.1) is 6.92 Å². The van der Waals surface area contributed by atoms with Gasteiger partial charge < -0.3 is 33.9 Å². The van der Waals surface area contributed by atoms with E-state index < -0.39 is 67.1 Å². The Balaban J connectivity index is 2.21. The van der Waals surface area contributed by atoms with Crippen LogP contribution in [0.5, 0.6) is 34.5 Å². The third kappa shape index (κ3) is 2.46. The van der Waals surface area contributed by atoms with Gasteiger partial charge in [0.15, 0.2) is 28.6 Å². The number of hydrogen-bond donors (Lipinski definition) is 4. The smallest absolute Gasteiger partial charge is 0.485 e. The zero-order valence-electron chi connectivity index (χ0n) is 13.8. The maximum atomic E-state index is 12.9. The van der Waals surface area contributed by atoms with Gasteiger partial charge in [0, 0.05) is 11.1 Å². The van der Waals surface area contributed by atoms with E-state index in [2.05, 4.69) is 13.4 Å². The number of phenolic OH excluding ortho intramolecular Hbond substituents is 4. The van der Waals surface area contributed by atoms with Crippen molar-refractivity contribution in [1.29, 1.82) is 0 Å². The highest BCUT2D eigenvalue weighted by atomic mass is 32.3. The first-order valence-electron chi connectivity index (χ1n) is 7.49. The molecule has 0 aliphatic carbocycles. The molecule has 2 aromatic carbocycles. The molecule has 0 atom stereocenters. The van der Waals surface area contributed by atoms with Gasteiger partial charge in [0.1, 0.15) is 11.1 Å². The summed E-state index contributed by atoms with van der Waals surface area (Å²) in [4.78, 5) is 17.5. The van der Waals surface area contributed by atoms with E-state index in [1.165, 1.54) is 13.0 Å². The fourth-order valence-electron chi connectivity index (χ4n) is 2.67. The van der Waals surface area contributed by atoms with E-state index >= 15 is 0 Å². The average Bonchev–Trinajstić information content (AvgIpc) is 2.71. The van der Waals surface area contributed by atoms with E-state index in [1.807, 2.05) is 0 Å². The first-order chi connectivity index (χ1) is 13.1. The topological polar surface area (TPSA) is 173 Å². The van der Waals surface area contributed by atoms with E-state index in [0.29, 0.717) is 0 Å². The number of phenols is 4. The minimum Gasteiger partial charge on any atom is -0.507 e. The minimum absolute atomic E-state index is 0.0160. The molecule has 0 radical (unpaired) electrons. The van der Waals surface area contributed by atoms with Crippen LogP contribution in [0.3, 0.4) is 0 Å². The lowest BCUT2D eigenvalue weighted by Gasteiger charge is -2.12. The number of rotatable bonds is 1. The van der Waals surface area contributed by atoms with Crippen molar-refractivity contribution in [1.82, 2.24) is 0 Å². The molecule has 5 rings (SSSR count). The number of benzene rings is 2. The van der Waals surface area contributed by atoms with Crippen molar-refractivity contribution >= 4 is 21.4 Å². The molecular formula is C16H10O11S. The lowest BCUT2D eigenvalue weighted by molar-refractivity contribution is -0.102. The van der Waals surface area contributed by atoms with Crippen molar-refractivity contribution in [2.75, 3.05) is 0 Å². The van der Waals surface area contributed by atoms with Gasteiger partial charge in [-0.25, -0.2) is 0 Å². The Labute approximate surface area is 155 Å². The molecule has 4 bridgehead atoms. The summed E-state index contributed by atoms with van der Waals surface area (Å²) in [5, 5.41) is 39.1. The molecule has 0 fully saturated rings. The molecule has 146 valence electrons. The predicted molar refractivity (Wildman–Crippen MR) is 90.6 cm³/mol. The van der Waals surface area contributed by atoms with E-state index in [-0.39, 0.29) is 11.1 Å². The Morgan fingerprint density at radius 1 is 0.964 bits per heavy atom. The maximum Gasteiger partial charge on any atom is 0.485 e. The third-order valence-electron chi connectivity index (χ3n) is 4.06. The second-order valence-electron chi connectivity index (χ2n) is 5.79. The fraction of sp³-hybridized carbons (Fsp3) is 0.0625. The van der Waals surface area contributed by atoms with Crippen LogP contribution in [0.2, 0.25) is 0 Å². The van der Waals surface area contributed by atoms with Crippen LogP contribution >= 0.6 is 0 Å². The molecule has 0 amide bonds. The molecule has 0 saturated carbocycles. The van der Waals surface area contributed by atoms with Gasteiger partial charge in [0.05, 0.1) is 0 Å². The molecule has 2 aliphatic heterocycles. The number of fused-ring (bicyclic) bond motifs is 4. The highest BCUT2D eigenvalue weighted by Crippen LogP contribution is 2.47. The first-order valence-corrected chi connectivity index (χ1v) is 8.82. The van der Waals surface area contributed by atoms with Crippen molar-refractivity contribution < 1.29 is 46.7 Å². The molecule has 11 nitrogen and oxygen atoms in total. The quantitative estimate of drug-likeness (QED) is 0.338. The van der Waals surface area contributed by atoms with Crippen LogP contribution in [-0.4, -0.2) is 28.8 Å². The summed E-state index contributed by atoms with van der Waals surface area (Å²) in [6, 6.07) is 3.32. The van der Waals surface area contributed by atoms with Crippen molar-refractivity contribution in [3.05, 3.63) is 34.0 Å². The van der Waals surface area contributed by atoms with E-state index in [4.69, 9.17) is 4.42 Å². The molecule has 1 aromatic heterocycles. The lowest BCUT2D eigenvalue weighted by Crippen LogP contribution is -2.16. The molecule has 28 heavy (non-hydrogen) atoms. The van der Waals surface area contributed by atoms with Crippen LogP contribution < -0.4 is 14.5 Å². The molecule has 3 heterocycles. The molecule has 4 N–H and O–H groups in total. The summed E-state index contributed by atoms with van der Waals surface area (Å²) in [6.07, 6.45) is 0. The summed E-state index contributed by atoms with van der Waals surface area (Å²) >= 11 is 0. The van der Waals surface area contributed by atoms with Gasteiger partial charge in [0.2, 0.25) is 11.2 Å². The first kappa shape index (κ1) is 17.8. The average molecular weight is 410 g/mol. The molecule has 0 unspecified atom stereocenters. The van der Waals surface area contributed by atoms with Crippen molar-refractivity contribution in [3.8, 4) is 45.8 Å². The van der Waals surface area contributed by atoms with E-state index in [9.17, 15) is 33.6 Å². The lowest BCUT2D eigenvalue weighted by atomic mass is 10.1. The van der Waals surface area contributed by atoms with Crippen molar-refractivity contribution in [3.63, 3.8) is 0 Å². The summed E-state index contributed by atoms with van der Waals surface area (Å²) < 4.78 is 38.1. The monoisotopic (exact) mass is 410 g/mol. The van der Waals surface area contributed by atoms with Crippen molar-refractivity contribution in [2.24, 2.45) is 0 Å². The van der Waals surface area contributed by atoms with Gasteiger partial charge in [0.25, 0.3) is 5.75 Å². The standard InChI is InChI=1S/C16H10O11S/c1-5-10(19)9-12(21)15-13(6-2-3-7(17)8(18)4-6)24-14(9)16(11(5)20)26-28(22,23)27-25-15/h2-4,17-20H,1H3. The Hall–Kier alpha value is -3.64. The van der Waals surface area contributed by atoms with Crippen LogP contribution in [0.15, 0.2) is 27.4 Å². The van der Waals surface area contributed by atoms with Crippen LogP contribution in [-0.2, 0) is 14.7 Å². The predicted octanol–water partition coefficient (Wildman–Crippen LogP) is 1.54. The number of aromatic hydroxyl groups is 4. The van der Waals surface area contributed by atoms with Crippen LogP contribution in [0.4, 0.5) is 0 Å². The van der Waals surface area contributed by atoms with Crippen LogP contribution in [0.1, 0.15) is 5.56 Å². The molecule has 0 saturated heterocycles. The largest absolute Gasteiger partial charge is 0.507 e. The summed E-state index contributed by atoms with van der Waals surface area (Å²) in [7, 11) is -4.89. The Morgan fingerprint density at radius 3 is 2.36 bits per heavy atom. The van der Waals surface area contributed by atoms with Gasteiger partial charge in [-0.1, -0.05) is 0 Å².